The van der Waals surface area contributed by atoms with Crippen molar-refractivity contribution >= 4 is 22.5 Å². The molecule has 0 radical (unpaired) electrons. The molecule has 0 aliphatic heterocycles. The first-order valence-corrected chi connectivity index (χ1v) is 9.54. The predicted molar refractivity (Wildman–Crippen MR) is 115 cm³/mol. The topological polar surface area (TPSA) is 70.7 Å². The molecule has 148 valence electrons. The molecular formula is C22H28N4O2. The van der Waals surface area contributed by atoms with Crippen molar-refractivity contribution in [2.45, 2.75) is 12.8 Å². The quantitative estimate of drug-likeness (QED) is 0.300. The second kappa shape index (κ2) is 10.4. The van der Waals surface area contributed by atoms with E-state index >= 15 is 0 Å². The van der Waals surface area contributed by atoms with Gasteiger partial charge in [-0.25, -0.2) is 0 Å². The Morgan fingerprint density at radius 3 is 2.79 bits per heavy atom. The monoisotopic (exact) mass is 380 g/mol. The van der Waals surface area contributed by atoms with Gasteiger partial charge in [-0.05, 0) is 29.7 Å². The highest BCUT2D eigenvalue weighted by atomic mass is 16.5. The van der Waals surface area contributed by atoms with Gasteiger partial charge in [-0.15, -0.1) is 0 Å². The first-order chi connectivity index (χ1) is 13.8. The Morgan fingerprint density at radius 2 is 1.96 bits per heavy atom. The Morgan fingerprint density at radius 1 is 1.07 bits per heavy atom. The molecule has 3 N–H and O–H groups in total. The van der Waals surface area contributed by atoms with Gasteiger partial charge in [-0.1, -0.05) is 24.3 Å². The van der Waals surface area contributed by atoms with Crippen LogP contribution in [0.1, 0.15) is 12.1 Å². The number of guanidine groups is 1. The van der Waals surface area contributed by atoms with Gasteiger partial charge in [0.1, 0.15) is 5.75 Å². The molecule has 3 aromatic rings. The van der Waals surface area contributed by atoms with Crippen LogP contribution in [-0.4, -0.2) is 44.9 Å². The minimum atomic E-state index is 0.634. The van der Waals surface area contributed by atoms with Gasteiger partial charge < -0.3 is 25.1 Å². The molecule has 6 nitrogen and oxygen atoms in total. The summed E-state index contributed by atoms with van der Waals surface area (Å²) in [6, 6.07) is 18.4. The van der Waals surface area contributed by atoms with E-state index in [1.807, 2.05) is 30.3 Å². The molecule has 1 heterocycles. The number of benzene rings is 2. The van der Waals surface area contributed by atoms with E-state index in [0.717, 1.165) is 36.8 Å². The normalized spacial score (nSPS) is 11.6. The first-order valence-electron chi connectivity index (χ1n) is 9.54. The van der Waals surface area contributed by atoms with Gasteiger partial charge in [-0.3, -0.25) is 4.99 Å². The lowest BCUT2D eigenvalue weighted by Crippen LogP contribution is -2.32. The maximum absolute atomic E-state index is 5.75. The fraction of sp³-hybridized carbons (Fsp3) is 0.318. The fourth-order valence-electron chi connectivity index (χ4n) is 2.96. The summed E-state index contributed by atoms with van der Waals surface area (Å²) in [4.78, 5) is 7.75. The second-order valence-electron chi connectivity index (χ2n) is 6.48. The third-order valence-electron chi connectivity index (χ3n) is 4.35. The lowest BCUT2D eigenvalue weighted by molar-refractivity contribution is 0.172. The second-order valence-corrected chi connectivity index (χ2v) is 6.48. The number of nitrogens with one attached hydrogen (secondary N) is 3. The van der Waals surface area contributed by atoms with E-state index in [1.54, 1.807) is 14.2 Å². The van der Waals surface area contributed by atoms with Gasteiger partial charge in [0.25, 0.3) is 0 Å². The van der Waals surface area contributed by atoms with Crippen LogP contribution in [0.3, 0.4) is 0 Å². The average Bonchev–Trinajstić information content (AvgIpc) is 3.13. The summed E-state index contributed by atoms with van der Waals surface area (Å²) in [5, 5.41) is 7.90. The number of aromatic nitrogens is 1. The standard InChI is InChI=1S/C22H28N4O2/c1-23-22(24-12-11-19-15-17-7-3-4-10-21(17)25-19)26-18-8-5-9-20(16-18)28-14-6-13-27-2/h3-5,7-10,15-16,25H,6,11-14H2,1-2H3,(H2,23,24,26). The highest BCUT2D eigenvalue weighted by Gasteiger charge is 2.03. The van der Waals surface area contributed by atoms with Crippen molar-refractivity contribution in [3.8, 4) is 5.75 Å². The molecule has 2 aromatic carbocycles. The number of aliphatic imine (C=N–C) groups is 1. The third kappa shape index (κ3) is 5.76. The molecule has 0 atom stereocenters. The number of para-hydroxylation sites is 1. The van der Waals surface area contributed by atoms with Gasteiger partial charge in [-0.2, -0.15) is 0 Å². The van der Waals surface area contributed by atoms with Crippen molar-refractivity contribution in [3.05, 3.63) is 60.3 Å². The van der Waals surface area contributed by atoms with Crippen molar-refractivity contribution < 1.29 is 9.47 Å². The smallest absolute Gasteiger partial charge is 0.195 e. The zero-order chi connectivity index (χ0) is 19.6. The summed E-state index contributed by atoms with van der Waals surface area (Å²) in [7, 11) is 3.46. The molecule has 3 rings (SSSR count). The van der Waals surface area contributed by atoms with Crippen LogP contribution >= 0.6 is 0 Å². The van der Waals surface area contributed by atoms with E-state index < -0.39 is 0 Å². The van der Waals surface area contributed by atoms with Crippen LogP contribution in [0.4, 0.5) is 5.69 Å². The Kier molecular flexibility index (Phi) is 7.32. The summed E-state index contributed by atoms with van der Waals surface area (Å²) < 4.78 is 10.8. The van der Waals surface area contributed by atoms with Gasteiger partial charge >= 0.3 is 0 Å². The van der Waals surface area contributed by atoms with Crippen molar-refractivity contribution in [1.82, 2.24) is 10.3 Å². The molecule has 0 saturated heterocycles. The Hall–Kier alpha value is -2.99. The Bertz CT molecular complexity index is 871. The summed E-state index contributed by atoms with van der Waals surface area (Å²) >= 11 is 0. The number of nitrogens with zero attached hydrogens (tertiary/aromatic N) is 1. The summed E-state index contributed by atoms with van der Waals surface area (Å²) in [6.45, 7) is 2.11. The molecule has 0 unspecified atom stereocenters. The number of rotatable bonds is 9. The van der Waals surface area contributed by atoms with Gasteiger partial charge in [0.05, 0.1) is 6.61 Å². The Labute approximate surface area is 166 Å². The molecule has 1 aromatic heterocycles. The van der Waals surface area contributed by atoms with E-state index in [2.05, 4.69) is 44.9 Å². The minimum absolute atomic E-state index is 0.634. The number of anilines is 1. The van der Waals surface area contributed by atoms with Gasteiger partial charge in [0, 0.05) is 63.1 Å². The van der Waals surface area contributed by atoms with Crippen LogP contribution in [0.5, 0.6) is 5.75 Å². The van der Waals surface area contributed by atoms with Crippen molar-refractivity contribution in [2.75, 3.05) is 39.2 Å². The predicted octanol–water partition coefficient (Wildman–Crippen LogP) is 3.81. The third-order valence-corrected chi connectivity index (χ3v) is 4.35. The van der Waals surface area contributed by atoms with E-state index in [1.165, 1.54) is 16.6 Å². The number of methoxy groups -OCH3 is 1. The van der Waals surface area contributed by atoms with E-state index in [4.69, 9.17) is 9.47 Å². The number of H-pyrrole nitrogens is 1. The molecule has 6 heteroatoms. The summed E-state index contributed by atoms with van der Waals surface area (Å²) in [6.07, 6.45) is 1.75. The molecule has 0 saturated carbocycles. The molecule has 0 bridgehead atoms. The number of aromatic amines is 1. The lowest BCUT2D eigenvalue weighted by atomic mass is 10.2. The van der Waals surface area contributed by atoms with Crippen LogP contribution in [0.25, 0.3) is 10.9 Å². The molecular weight excluding hydrogens is 352 g/mol. The Balaban J connectivity index is 1.48. The van der Waals surface area contributed by atoms with Crippen LogP contribution in [-0.2, 0) is 11.2 Å². The zero-order valence-corrected chi connectivity index (χ0v) is 16.5. The first kappa shape index (κ1) is 19.8. The van der Waals surface area contributed by atoms with Crippen LogP contribution in [0, 0.1) is 0 Å². The average molecular weight is 380 g/mol. The number of hydrogen-bond acceptors (Lipinski definition) is 3. The highest BCUT2D eigenvalue weighted by molar-refractivity contribution is 5.93. The molecule has 0 amide bonds. The van der Waals surface area contributed by atoms with Crippen LogP contribution in [0.2, 0.25) is 0 Å². The highest BCUT2D eigenvalue weighted by Crippen LogP contribution is 2.18. The van der Waals surface area contributed by atoms with Gasteiger partial charge in [0.15, 0.2) is 5.96 Å². The van der Waals surface area contributed by atoms with E-state index in [-0.39, 0.29) is 0 Å². The fourth-order valence-corrected chi connectivity index (χ4v) is 2.96. The maximum atomic E-state index is 5.75. The van der Waals surface area contributed by atoms with E-state index in [0.29, 0.717) is 13.2 Å². The van der Waals surface area contributed by atoms with Crippen LogP contribution in [0.15, 0.2) is 59.6 Å². The molecule has 0 aliphatic carbocycles. The lowest BCUT2D eigenvalue weighted by Gasteiger charge is -2.13. The molecule has 28 heavy (non-hydrogen) atoms. The van der Waals surface area contributed by atoms with E-state index in [9.17, 15) is 0 Å². The molecule has 0 aliphatic rings. The van der Waals surface area contributed by atoms with Crippen molar-refractivity contribution in [2.24, 2.45) is 4.99 Å². The number of ether oxygens (including phenoxy) is 2. The van der Waals surface area contributed by atoms with Crippen molar-refractivity contribution in [1.29, 1.82) is 0 Å². The van der Waals surface area contributed by atoms with Gasteiger partial charge in [0.2, 0.25) is 0 Å². The summed E-state index contributed by atoms with van der Waals surface area (Å²) in [5.41, 5.74) is 3.31. The summed E-state index contributed by atoms with van der Waals surface area (Å²) in [5.74, 6) is 1.56. The molecule has 0 fully saturated rings. The zero-order valence-electron chi connectivity index (χ0n) is 16.5. The van der Waals surface area contributed by atoms with Crippen LogP contribution < -0.4 is 15.4 Å². The van der Waals surface area contributed by atoms with Crippen molar-refractivity contribution in [3.63, 3.8) is 0 Å². The number of hydrogen-bond donors (Lipinski definition) is 3. The largest absolute Gasteiger partial charge is 0.493 e. The molecule has 0 spiro atoms. The SMILES string of the molecule is CN=C(NCCc1cc2ccccc2[nH]1)Nc1cccc(OCCCOC)c1. The number of fused-ring (bicyclic) bond motifs is 1. The minimum Gasteiger partial charge on any atom is -0.493 e. The maximum Gasteiger partial charge on any atom is 0.195 e.